The van der Waals surface area contributed by atoms with Gasteiger partial charge in [-0.2, -0.15) is 0 Å². The van der Waals surface area contributed by atoms with Crippen LogP contribution in [0.3, 0.4) is 0 Å². The maximum absolute atomic E-state index is 2.93. The lowest BCUT2D eigenvalue weighted by molar-refractivity contribution is 0.194. The van der Waals surface area contributed by atoms with Gasteiger partial charge in [-0.15, -0.1) is 0 Å². The third-order valence-electron chi connectivity index (χ3n) is 16.9. The van der Waals surface area contributed by atoms with E-state index in [4.69, 9.17) is 0 Å². The zero-order valence-corrected chi connectivity index (χ0v) is 36.0. The fourth-order valence-corrected chi connectivity index (χ4v) is 14.3. The molecule has 4 aliphatic heterocycles. The number of aryl methyl sites for hydroxylation is 4. The van der Waals surface area contributed by atoms with Crippen LogP contribution in [0.5, 0.6) is 0 Å². The first kappa shape index (κ1) is 35.7. The van der Waals surface area contributed by atoms with Crippen LogP contribution in [0.25, 0.3) is 0 Å². The van der Waals surface area contributed by atoms with E-state index in [-0.39, 0.29) is 28.6 Å². The molecule has 4 unspecified atom stereocenters. The zero-order chi connectivity index (χ0) is 40.2. The van der Waals surface area contributed by atoms with Crippen LogP contribution in [0.2, 0.25) is 0 Å². The molecule has 0 aromatic heterocycles. The van der Waals surface area contributed by atoms with Crippen molar-refractivity contribution in [3.63, 3.8) is 0 Å². The van der Waals surface area contributed by atoms with Crippen LogP contribution in [-0.4, -0.2) is 17.8 Å². The van der Waals surface area contributed by atoms with Gasteiger partial charge >= 0.3 is 0 Å². The SMILES string of the molecule is Cc1ccc(N2c3ccc(C)cc3B3c4cccc5c4N(c4cc(N6c7cc(C)cc(C)c7C7(C)CCCCC67C)cc2c43)C2(C)CCCCC52c2ccccc2)cc1. The summed E-state index contributed by atoms with van der Waals surface area (Å²) in [4.78, 5) is 8.42. The van der Waals surface area contributed by atoms with Crippen molar-refractivity contribution < 1.29 is 0 Å². The molecule has 0 bridgehead atoms. The van der Waals surface area contributed by atoms with Crippen molar-refractivity contribution in [1.82, 2.24) is 0 Å². The summed E-state index contributed by atoms with van der Waals surface area (Å²) in [5.74, 6) is 0. The zero-order valence-electron chi connectivity index (χ0n) is 36.0. The van der Waals surface area contributed by atoms with Gasteiger partial charge in [0.25, 0.3) is 6.71 Å². The fraction of sp³-hybridized carbons (Fsp3) is 0.345. The summed E-state index contributed by atoms with van der Waals surface area (Å²) in [6.07, 6.45) is 9.74. The molecule has 0 radical (unpaired) electrons. The second-order valence-corrected chi connectivity index (χ2v) is 20.0. The molecule has 12 rings (SSSR count). The topological polar surface area (TPSA) is 9.72 Å². The summed E-state index contributed by atoms with van der Waals surface area (Å²) < 4.78 is 0. The Morgan fingerprint density at radius 3 is 2.02 bits per heavy atom. The second kappa shape index (κ2) is 12.0. The highest BCUT2D eigenvalue weighted by Gasteiger charge is 2.65. The molecule has 4 heteroatoms. The van der Waals surface area contributed by atoms with Gasteiger partial charge < -0.3 is 14.7 Å². The highest BCUT2D eigenvalue weighted by atomic mass is 15.3. The van der Waals surface area contributed by atoms with Gasteiger partial charge in [0.1, 0.15) is 0 Å². The third-order valence-corrected chi connectivity index (χ3v) is 16.9. The minimum absolute atomic E-state index is 0.0556. The van der Waals surface area contributed by atoms with Crippen molar-refractivity contribution in [1.29, 1.82) is 0 Å². The molecule has 0 N–H and O–H groups in total. The summed E-state index contributed by atoms with van der Waals surface area (Å²) in [6.45, 7) is 17.1. The van der Waals surface area contributed by atoms with E-state index < -0.39 is 0 Å². The second-order valence-electron chi connectivity index (χ2n) is 20.0. The number of benzene rings is 6. The maximum atomic E-state index is 2.93. The first-order valence-corrected chi connectivity index (χ1v) is 22.6. The predicted molar refractivity (Wildman–Crippen MR) is 250 cm³/mol. The average Bonchev–Trinajstić information content (AvgIpc) is 3.60. The van der Waals surface area contributed by atoms with Crippen molar-refractivity contribution in [3.05, 3.63) is 154 Å². The Morgan fingerprint density at radius 2 is 1.22 bits per heavy atom. The van der Waals surface area contributed by atoms with Crippen molar-refractivity contribution in [2.24, 2.45) is 0 Å². The number of hydrogen-bond donors (Lipinski definition) is 0. The van der Waals surface area contributed by atoms with Crippen molar-refractivity contribution in [2.45, 2.75) is 122 Å². The van der Waals surface area contributed by atoms with Gasteiger partial charge in [0.2, 0.25) is 0 Å². The molecule has 59 heavy (non-hydrogen) atoms. The molecule has 4 atom stereocenters. The van der Waals surface area contributed by atoms with Gasteiger partial charge in [0.15, 0.2) is 0 Å². The molecular weight excluding hydrogens is 713 g/mol. The first-order chi connectivity index (χ1) is 28.5. The van der Waals surface area contributed by atoms with Gasteiger partial charge in [0.05, 0.1) is 11.1 Å². The van der Waals surface area contributed by atoms with E-state index in [9.17, 15) is 0 Å². The van der Waals surface area contributed by atoms with Crippen LogP contribution in [-0.2, 0) is 10.8 Å². The van der Waals surface area contributed by atoms with Crippen LogP contribution in [0, 0.1) is 27.7 Å². The van der Waals surface area contributed by atoms with Crippen molar-refractivity contribution in [2.75, 3.05) is 14.7 Å². The highest BCUT2D eigenvalue weighted by molar-refractivity contribution is 7.00. The molecule has 6 aromatic rings. The summed E-state index contributed by atoms with van der Waals surface area (Å²) in [7, 11) is 0. The molecule has 0 saturated heterocycles. The normalized spacial score (nSPS) is 26.8. The Bertz CT molecular complexity index is 2750. The lowest BCUT2D eigenvalue weighted by Gasteiger charge is -2.54. The van der Waals surface area contributed by atoms with E-state index in [2.05, 4.69) is 178 Å². The standard InChI is InChI=1S/C55H56BN3/c1-35-20-23-40(24-21-35)57-45-25-22-36(2)31-44(45)56-43-19-15-18-42-51(43)59(54(7)28-13-14-29-55(42,54)39-16-9-8-10-17-39)48-34-41(33-47(57)50(48)56)58-46-32-37(3)30-38(4)49(46)52(5)26-11-12-27-53(52,58)6/h8-10,15-25,30-34H,11-14,26-29H2,1-7H3. The molecule has 3 nitrogen and oxygen atoms in total. The van der Waals surface area contributed by atoms with Gasteiger partial charge in [0, 0.05) is 50.6 Å². The van der Waals surface area contributed by atoms with Crippen LogP contribution in [0.15, 0.2) is 115 Å². The van der Waals surface area contributed by atoms with E-state index in [1.807, 2.05) is 0 Å². The van der Waals surface area contributed by atoms with E-state index in [0.29, 0.717) is 0 Å². The number of nitrogens with zero attached hydrogens (tertiary/aromatic N) is 3. The van der Waals surface area contributed by atoms with E-state index in [1.165, 1.54) is 128 Å². The predicted octanol–water partition coefficient (Wildman–Crippen LogP) is 12.0. The number of anilines is 7. The van der Waals surface area contributed by atoms with Crippen LogP contribution in [0.4, 0.5) is 39.8 Å². The summed E-state index contributed by atoms with van der Waals surface area (Å²) in [6, 6.07) is 45.8. The quantitative estimate of drug-likeness (QED) is 0.166. The molecule has 0 spiro atoms. The minimum atomic E-state index is -0.149. The van der Waals surface area contributed by atoms with Gasteiger partial charge in [-0.25, -0.2) is 0 Å². The molecule has 2 fully saturated rings. The maximum Gasteiger partial charge on any atom is 0.252 e. The van der Waals surface area contributed by atoms with Gasteiger partial charge in [-0.3, -0.25) is 0 Å². The molecular formula is C55H56BN3. The number of rotatable bonds is 3. The van der Waals surface area contributed by atoms with E-state index >= 15 is 0 Å². The minimum Gasteiger partial charge on any atom is -0.335 e. The fourth-order valence-electron chi connectivity index (χ4n) is 14.3. The van der Waals surface area contributed by atoms with Gasteiger partial charge in [-0.1, -0.05) is 123 Å². The summed E-state index contributed by atoms with van der Waals surface area (Å²) in [5.41, 5.74) is 23.5. The molecule has 6 aliphatic rings. The molecule has 2 aliphatic carbocycles. The largest absolute Gasteiger partial charge is 0.335 e. The lowest BCUT2D eigenvalue weighted by Crippen LogP contribution is -2.65. The monoisotopic (exact) mass is 769 g/mol. The Hall–Kier alpha value is -5.22. The van der Waals surface area contributed by atoms with Crippen LogP contribution < -0.4 is 31.1 Å². The Balaban J connectivity index is 1.22. The van der Waals surface area contributed by atoms with Crippen molar-refractivity contribution >= 4 is 62.9 Å². The molecule has 4 heterocycles. The highest BCUT2D eigenvalue weighted by Crippen LogP contribution is 2.66. The Labute approximate surface area is 352 Å². The van der Waals surface area contributed by atoms with Crippen molar-refractivity contribution in [3.8, 4) is 0 Å². The number of fused-ring (bicyclic) bond motifs is 10. The van der Waals surface area contributed by atoms with E-state index in [1.54, 1.807) is 5.56 Å². The summed E-state index contributed by atoms with van der Waals surface area (Å²) in [5, 5.41) is 0. The molecule has 294 valence electrons. The Morgan fingerprint density at radius 1 is 0.508 bits per heavy atom. The number of para-hydroxylation sites is 1. The summed E-state index contributed by atoms with van der Waals surface area (Å²) >= 11 is 0. The lowest BCUT2D eigenvalue weighted by atomic mass is 9.33. The molecule has 2 saturated carbocycles. The number of hydrogen-bond acceptors (Lipinski definition) is 3. The first-order valence-electron chi connectivity index (χ1n) is 22.6. The van der Waals surface area contributed by atoms with E-state index in [0.717, 1.165) is 12.8 Å². The Kier molecular flexibility index (Phi) is 7.24. The smallest absolute Gasteiger partial charge is 0.252 e. The molecule has 6 aromatic carbocycles. The van der Waals surface area contributed by atoms with Crippen LogP contribution in [0.1, 0.15) is 111 Å². The molecule has 0 amide bonds. The average molecular weight is 770 g/mol. The third kappa shape index (κ3) is 4.31. The van der Waals surface area contributed by atoms with Crippen LogP contribution >= 0.6 is 0 Å². The van der Waals surface area contributed by atoms with Gasteiger partial charge in [-0.05, 0) is 148 Å².